The molecule has 0 bridgehead atoms. The zero-order valence-electron chi connectivity index (χ0n) is 16.3. The van der Waals surface area contributed by atoms with Crippen LogP contribution in [0.5, 0.6) is 0 Å². The van der Waals surface area contributed by atoms with Crippen LogP contribution in [0.4, 0.5) is 0 Å². The number of rotatable bonds is 6. The molecule has 4 rings (SSSR count). The van der Waals surface area contributed by atoms with Gasteiger partial charge in [-0.2, -0.15) is 0 Å². The summed E-state index contributed by atoms with van der Waals surface area (Å²) in [5.74, 6) is 0. The Morgan fingerprint density at radius 1 is 0.355 bits per heavy atom. The molecule has 0 atom stereocenters. The molecule has 0 fully saturated rings. The fourth-order valence-electron chi connectivity index (χ4n) is 3.39. The lowest BCUT2D eigenvalue weighted by atomic mass is 9.98. The third-order valence-electron chi connectivity index (χ3n) is 4.96. The largest absolute Gasteiger partial charge is 0.356 e. The number of hydrogen-bond donors (Lipinski definition) is 0. The van der Waals surface area contributed by atoms with Gasteiger partial charge in [0.2, 0.25) is 0 Å². The molecule has 0 aliphatic rings. The second kappa shape index (κ2) is 10.1. The van der Waals surface area contributed by atoms with Crippen molar-refractivity contribution < 1.29 is 4.74 Å². The summed E-state index contributed by atoms with van der Waals surface area (Å²) < 4.78 is 6.78. The van der Waals surface area contributed by atoms with E-state index in [1.54, 1.807) is 0 Å². The van der Waals surface area contributed by atoms with Crippen LogP contribution in [0.1, 0.15) is 34.5 Å². The molecule has 0 heterocycles. The Bertz CT molecular complexity index is 938. The first kappa shape index (κ1) is 22.2. The van der Waals surface area contributed by atoms with E-state index in [2.05, 4.69) is 0 Å². The predicted molar refractivity (Wildman–Crippen MR) is 131 cm³/mol. The zero-order valence-corrected chi connectivity index (χ0v) is 19.3. The van der Waals surface area contributed by atoms with Crippen LogP contribution in [-0.4, -0.2) is 0 Å². The van der Waals surface area contributed by atoms with Gasteiger partial charge in [0.15, 0.2) is 0 Å². The van der Waals surface area contributed by atoms with E-state index in [1.165, 1.54) is 0 Å². The van der Waals surface area contributed by atoms with Crippen molar-refractivity contribution in [2.45, 2.75) is 12.2 Å². The van der Waals surface area contributed by atoms with Gasteiger partial charge >= 0.3 is 0 Å². The molecule has 4 aromatic rings. The van der Waals surface area contributed by atoms with Gasteiger partial charge in [-0.05, 0) is 70.8 Å². The predicted octanol–water partition coefficient (Wildman–Crippen LogP) is 9.20. The van der Waals surface area contributed by atoms with E-state index in [1.807, 2.05) is 97.1 Å². The Morgan fingerprint density at radius 2 is 0.548 bits per heavy atom. The molecule has 1 nitrogen and oxygen atoms in total. The van der Waals surface area contributed by atoms with E-state index in [0.717, 1.165) is 22.3 Å². The highest BCUT2D eigenvalue weighted by atomic mass is 35.5. The molecule has 0 saturated heterocycles. The quantitative estimate of drug-likeness (QED) is 0.263. The molecule has 0 amide bonds. The normalized spacial score (nSPS) is 11.3. The number of ether oxygens (including phenoxy) is 1. The second-order valence-corrected chi connectivity index (χ2v) is 8.85. The fourth-order valence-corrected chi connectivity index (χ4v) is 3.89. The zero-order chi connectivity index (χ0) is 21.8. The first-order chi connectivity index (χ1) is 15.0. The van der Waals surface area contributed by atoms with Crippen LogP contribution in [0.2, 0.25) is 20.1 Å². The van der Waals surface area contributed by atoms with Gasteiger partial charge < -0.3 is 4.74 Å². The highest BCUT2D eigenvalue weighted by Gasteiger charge is 2.23. The summed E-state index contributed by atoms with van der Waals surface area (Å²) >= 11 is 24.5. The van der Waals surface area contributed by atoms with Crippen molar-refractivity contribution in [3.05, 3.63) is 139 Å². The summed E-state index contributed by atoms with van der Waals surface area (Å²) in [6, 6.07) is 30.7. The van der Waals surface area contributed by atoms with Crippen LogP contribution in [0.3, 0.4) is 0 Å². The maximum atomic E-state index is 6.78. The van der Waals surface area contributed by atoms with Crippen LogP contribution >= 0.6 is 46.4 Å². The number of hydrogen-bond acceptors (Lipinski definition) is 1. The highest BCUT2D eigenvalue weighted by molar-refractivity contribution is 6.31. The van der Waals surface area contributed by atoms with Gasteiger partial charge in [0.05, 0.1) is 0 Å². The summed E-state index contributed by atoms with van der Waals surface area (Å²) in [7, 11) is 0. The van der Waals surface area contributed by atoms with Gasteiger partial charge in [-0.3, -0.25) is 0 Å². The van der Waals surface area contributed by atoms with Gasteiger partial charge in [-0.15, -0.1) is 0 Å². The maximum Gasteiger partial charge on any atom is 0.109 e. The van der Waals surface area contributed by atoms with Gasteiger partial charge in [-0.1, -0.05) is 94.9 Å². The van der Waals surface area contributed by atoms with Crippen molar-refractivity contribution in [2.24, 2.45) is 0 Å². The minimum absolute atomic E-state index is 0.342. The fraction of sp³-hybridized carbons (Fsp3) is 0.0769. The summed E-state index contributed by atoms with van der Waals surface area (Å²) in [6.07, 6.45) is -0.684. The minimum Gasteiger partial charge on any atom is -0.356 e. The monoisotopic (exact) mass is 486 g/mol. The first-order valence-electron chi connectivity index (χ1n) is 9.67. The van der Waals surface area contributed by atoms with Gasteiger partial charge in [0.1, 0.15) is 12.2 Å². The lowest BCUT2D eigenvalue weighted by Gasteiger charge is -2.27. The molecule has 0 spiro atoms. The maximum absolute atomic E-state index is 6.78. The molecule has 0 N–H and O–H groups in total. The Hall–Kier alpha value is -2.00. The molecule has 0 aliphatic heterocycles. The topological polar surface area (TPSA) is 9.23 Å². The van der Waals surface area contributed by atoms with Crippen molar-refractivity contribution in [1.29, 1.82) is 0 Å². The van der Waals surface area contributed by atoms with Crippen LogP contribution < -0.4 is 0 Å². The molecule has 5 heteroatoms. The van der Waals surface area contributed by atoms with Gasteiger partial charge in [-0.25, -0.2) is 0 Å². The molecule has 156 valence electrons. The summed E-state index contributed by atoms with van der Waals surface area (Å²) in [4.78, 5) is 0. The van der Waals surface area contributed by atoms with Crippen molar-refractivity contribution >= 4 is 46.4 Å². The smallest absolute Gasteiger partial charge is 0.109 e. The number of benzene rings is 4. The van der Waals surface area contributed by atoms with Crippen molar-refractivity contribution in [3.8, 4) is 0 Å². The molecule has 0 aromatic heterocycles. The molecular formula is C26H18Cl4O. The lowest BCUT2D eigenvalue weighted by molar-refractivity contribution is 0.0308. The third-order valence-corrected chi connectivity index (χ3v) is 5.97. The molecule has 31 heavy (non-hydrogen) atoms. The van der Waals surface area contributed by atoms with E-state index < -0.39 is 0 Å². The van der Waals surface area contributed by atoms with Gasteiger partial charge in [0, 0.05) is 20.1 Å². The Morgan fingerprint density at radius 3 is 0.742 bits per heavy atom. The standard InChI is InChI=1S/C26H18Cl4O/c27-21-9-1-17(2-10-21)25(18-3-11-22(28)12-4-18)31-26(19-5-13-23(29)14-6-19)20-7-15-24(30)16-8-20/h1-16,25-26H. The molecule has 0 saturated carbocycles. The third kappa shape index (κ3) is 5.63. The highest BCUT2D eigenvalue weighted by Crippen LogP contribution is 2.37. The summed E-state index contributed by atoms with van der Waals surface area (Å²) in [6.45, 7) is 0. The summed E-state index contributed by atoms with van der Waals surface area (Å²) in [5.41, 5.74) is 3.94. The van der Waals surface area contributed by atoms with E-state index >= 15 is 0 Å². The van der Waals surface area contributed by atoms with Crippen molar-refractivity contribution in [2.75, 3.05) is 0 Å². The summed E-state index contributed by atoms with van der Waals surface area (Å²) in [5, 5.41) is 2.69. The average molecular weight is 488 g/mol. The van der Waals surface area contributed by atoms with Crippen molar-refractivity contribution in [1.82, 2.24) is 0 Å². The van der Waals surface area contributed by atoms with E-state index in [4.69, 9.17) is 51.1 Å². The van der Waals surface area contributed by atoms with Gasteiger partial charge in [0.25, 0.3) is 0 Å². The lowest BCUT2D eigenvalue weighted by Crippen LogP contribution is -2.13. The Balaban J connectivity index is 1.79. The molecular weight excluding hydrogens is 470 g/mol. The average Bonchev–Trinajstić information content (AvgIpc) is 2.78. The Labute approximate surface area is 202 Å². The van der Waals surface area contributed by atoms with E-state index in [0.29, 0.717) is 20.1 Å². The molecule has 4 aromatic carbocycles. The second-order valence-electron chi connectivity index (χ2n) is 7.10. The van der Waals surface area contributed by atoms with Crippen LogP contribution in [0.15, 0.2) is 97.1 Å². The minimum atomic E-state index is -0.342. The molecule has 0 aliphatic carbocycles. The SMILES string of the molecule is Clc1ccc(C(OC(c2ccc(Cl)cc2)c2ccc(Cl)cc2)c2ccc(Cl)cc2)cc1. The van der Waals surface area contributed by atoms with Crippen LogP contribution in [0, 0.1) is 0 Å². The van der Waals surface area contributed by atoms with Crippen LogP contribution in [-0.2, 0) is 4.74 Å². The van der Waals surface area contributed by atoms with Crippen molar-refractivity contribution in [3.63, 3.8) is 0 Å². The van der Waals surface area contributed by atoms with E-state index in [-0.39, 0.29) is 12.2 Å². The number of halogens is 4. The Kier molecular flexibility index (Phi) is 7.22. The molecule has 0 unspecified atom stereocenters. The molecule has 0 radical (unpaired) electrons. The van der Waals surface area contributed by atoms with E-state index in [9.17, 15) is 0 Å². The van der Waals surface area contributed by atoms with Crippen LogP contribution in [0.25, 0.3) is 0 Å². The first-order valence-corrected chi connectivity index (χ1v) is 11.2.